The molecule has 0 atom stereocenters. The molecule has 0 saturated carbocycles. The van der Waals surface area contributed by atoms with Gasteiger partial charge in [-0.15, -0.1) is 0 Å². The molecule has 0 radical (unpaired) electrons. The van der Waals surface area contributed by atoms with E-state index < -0.39 is 11.6 Å². The van der Waals surface area contributed by atoms with Gasteiger partial charge >= 0.3 is 0 Å². The maximum absolute atomic E-state index is 13.9. The van der Waals surface area contributed by atoms with Crippen LogP contribution in [-0.2, 0) is 0 Å². The van der Waals surface area contributed by atoms with Gasteiger partial charge in [-0.2, -0.15) is 0 Å². The number of halogens is 2. The summed E-state index contributed by atoms with van der Waals surface area (Å²) >= 11 is 0. The van der Waals surface area contributed by atoms with E-state index in [1.165, 1.54) is 6.07 Å². The summed E-state index contributed by atoms with van der Waals surface area (Å²) < 4.78 is 27.2. The van der Waals surface area contributed by atoms with Crippen LogP contribution in [0.2, 0.25) is 0 Å². The van der Waals surface area contributed by atoms with Crippen molar-refractivity contribution >= 4 is 5.69 Å². The SMILES string of the molecule is CCNc1cccc(C)c1-c1cc(F)ccc1F. The molecule has 0 aliphatic heterocycles. The fourth-order valence-electron chi connectivity index (χ4n) is 2.05. The van der Waals surface area contributed by atoms with Gasteiger partial charge in [0.25, 0.3) is 0 Å². The van der Waals surface area contributed by atoms with Crippen LogP contribution in [0.25, 0.3) is 11.1 Å². The van der Waals surface area contributed by atoms with Crippen molar-refractivity contribution in [1.29, 1.82) is 0 Å². The fraction of sp³-hybridized carbons (Fsp3) is 0.200. The second-order valence-electron chi connectivity index (χ2n) is 4.15. The summed E-state index contributed by atoms with van der Waals surface area (Å²) in [6.45, 7) is 4.59. The van der Waals surface area contributed by atoms with E-state index in [-0.39, 0.29) is 0 Å². The summed E-state index contributed by atoms with van der Waals surface area (Å²) in [5.74, 6) is -0.845. The van der Waals surface area contributed by atoms with E-state index in [2.05, 4.69) is 5.32 Å². The Bertz CT molecular complexity index is 564. The van der Waals surface area contributed by atoms with Crippen LogP contribution in [0.4, 0.5) is 14.5 Å². The van der Waals surface area contributed by atoms with Crippen molar-refractivity contribution in [3.05, 3.63) is 53.6 Å². The molecule has 2 aromatic carbocycles. The van der Waals surface area contributed by atoms with E-state index >= 15 is 0 Å². The van der Waals surface area contributed by atoms with E-state index in [1.54, 1.807) is 0 Å². The molecule has 0 aromatic heterocycles. The predicted octanol–water partition coefficient (Wildman–Crippen LogP) is 4.37. The molecule has 0 aliphatic rings. The van der Waals surface area contributed by atoms with Gasteiger partial charge in [0.2, 0.25) is 0 Å². The van der Waals surface area contributed by atoms with Gasteiger partial charge in [-0.1, -0.05) is 12.1 Å². The molecule has 0 bridgehead atoms. The van der Waals surface area contributed by atoms with Crippen molar-refractivity contribution in [3.63, 3.8) is 0 Å². The molecule has 2 rings (SSSR count). The van der Waals surface area contributed by atoms with Crippen molar-refractivity contribution in [1.82, 2.24) is 0 Å². The fourth-order valence-corrected chi connectivity index (χ4v) is 2.05. The molecule has 94 valence electrons. The molecule has 1 N–H and O–H groups in total. The molecule has 0 unspecified atom stereocenters. The third-order valence-corrected chi connectivity index (χ3v) is 2.84. The number of nitrogens with one attached hydrogen (secondary N) is 1. The van der Waals surface area contributed by atoms with E-state index in [4.69, 9.17) is 0 Å². The maximum Gasteiger partial charge on any atom is 0.131 e. The van der Waals surface area contributed by atoms with Gasteiger partial charge in [0, 0.05) is 23.4 Å². The Morgan fingerprint density at radius 1 is 1.11 bits per heavy atom. The van der Waals surface area contributed by atoms with Crippen molar-refractivity contribution in [3.8, 4) is 11.1 Å². The molecule has 0 spiro atoms. The van der Waals surface area contributed by atoms with Crippen LogP contribution in [0, 0.1) is 18.6 Å². The molecule has 2 aromatic rings. The Morgan fingerprint density at radius 2 is 1.89 bits per heavy atom. The number of aryl methyl sites for hydroxylation is 1. The minimum Gasteiger partial charge on any atom is -0.385 e. The molecule has 0 amide bonds. The number of benzene rings is 2. The topological polar surface area (TPSA) is 12.0 Å². The second kappa shape index (κ2) is 5.17. The van der Waals surface area contributed by atoms with Gasteiger partial charge < -0.3 is 5.32 Å². The zero-order valence-electron chi connectivity index (χ0n) is 10.4. The third kappa shape index (κ3) is 2.35. The van der Waals surface area contributed by atoms with Crippen molar-refractivity contribution in [2.45, 2.75) is 13.8 Å². The zero-order chi connectivity index (χ0) is 13.1. The Morgan fingerprint density at radius 3 is 2.61 bits per heavy atom. The Hall–Kier alpha value is -1.90. The minimum absolute atomic E-state index is 0.295. The van der Waals surface area contributed by atoms with E-state index in [0.717, 1.165) is 35.5 Å². The summed E-state index contributed by atoms with van der Waals surface area (Å²) in [6, 6.07) is 9.18. The lowest BCUT2D eigenvalue weighted by Crippen LogP contribution is -2.01. The number of anilines is 1. The Labute approximate surface area is 105 Å². The van der Waals surface area contributed by atoms with Gasteiger partial charge in [-0.25, -0.2) is 8.78 Å². The molecule has 3 heteroatoms. The average Bonchev–Trinajstić information content (AvgIpc) is 2.34. The molecule has 0 saturated heterocycles. The highest BCUT2D eigenvalue weighted by Gasteiger charge is 2.13. The lowest BCUT2D eigenvalue weighted by atomic mass is 9.98. The molecule has 0 aliphatic carbocycles. The maximum atomic E-state index is 13.9. The van der Waals surface area contributed by atoms with Gasteiger partial charge in [0.05, 0.1) is 0 Å². The largest absolute Gasteiger partial charge is 0.385 e. The normalized spacial score (nSPS) is 10.4. The lowest BCUT2D eigenvalue weighted by molar-refractivity contribution is 0.603. The van der Waals surface area contributed by atoms with Crippen LogP contribution in [0.15, 0.2) is 36.4 Å². The Balaban J connectivity index is 2.65. The van der Waals surface area contributed by atoms with Gasteiger partial charge in [0.15, 0.2) is 0 Å². The first kappa shape index (κ1) is 12.6. The minimum atomic E-state index is -0.433. The first-order valence-electron chi connectivity index (χ1n) is 5.92. The number of rotatable bonds is 3. The highest BCUT2D eigenvalue weighted by atomic mass is 19.1. The summed E-state index contributed by atoms with van der Waals surface area (Å²) in [4.78, 5) is 0. The van der Waals surface area contributed by atoms with Gasteiger partial charge in [0.1, 0.15) is 11.6 Å². The first-order chi connectivity index (χ1) is 8.63. The highest BCUT2D eigenvalue weighted by Crippen LogP contribution is 2.33. The first-order valence-corrected chi connectivity index (χ1v) is 5.92. The van der Waals surface area contributed by atoms with Crippen LogP contribution in [0.1, 0.15) is 12.5 Å². The standard InChI is InChI=1S/C15H15F2N/c1-3-18-14-6-4-5-10(2)15(14)12-9-11(16)7-8-13(12)17/h4-9,18H,3H2,1-2H3. The predicted molar refractivity (Wildman–Crippen MR) is 70.7 cm³/mol. The highest BCUT2D eigenvalue weighted by molar-refractivity contribution is 5.81. The lowest BCUT2D eigenvalue weighted by Gasteiger charge is -2.14. The molecule has 1 nitrogen and oxygen atoms in total. The third-order valence-electron chi connectivity index (χ3n) is 2.84. The molecular formula is C15H15F2N. The van der Waals surface area contributed by atoms with Crippen molar-refractivity contribution in [2.24, 2.45) is 0 Å². The molecule has 0 heterocycles. The van der Waals surface area contributed by atoms with Crippen LogP contribution < -0.4 is 5.32 Å². The smallest absolute Gasteiger partial charge is 0.131 e. The summed E-state index contributed by atoms with van der Waals surface area (Å²) in [5, 5.41) is 3.17. The van der Waals surface area contributed by atoms with Crippen LogP contribution >= 0.6 is 0 Å². The second-order valence-corrected chi connectivity index (χ2v) is 4.15. The van der Waals surface area contributed by atoms with Gasteiger partial charge in [-0.3, -0.25) is 0 Å². The van der Waals surface area contributed by atoms with Crippen molar-refractivity contribution < 1.29 is 8.78 Å². The number of hydrogen-bond donors (Lipinski definition) is 1. The van der Waals surface area contributed by atoms with Crippen molar-refractivity contribution in [2.75, 3.05) is 11.9 Å². The Kier molecular flexibility index (Phi) is 3.60. The van der Waals surface area contributed by atoms with Crippen LogP contribution in [-0.4, -0.2) is 6.54 Å². The number of hydrogen-bond acceptors (Lipinski definition) is 1. The van der Waals surface area contributed by atoms with E-state index in [9.17, 15) is 8.78 Å². The van der Waals surface area contributed by atoms with Crippen LogP contribution in [0.3, 0.4) is 0 Å². The van der Waals surface area contributed by atoms with Crippen LogP contribution in [0.5, 0.6) is 0 Å². The molecular weight excluding hydrogens is 232 g/mol. The summed E-state index contributed by atoms with van der Waals surface area (Å²) in [5.41, 5.74) is 2.75. The van der Waals surface area contributed by atoms with E-state index in [0.29, 0.717) is 5.56 Å². The average molecular weight is 247 g/mol. The molecule has 18 heavy (non-hydrogen) atoms. The monoisotopic (exact) mass is 247 g/mol. The summed E-state index contributed by atoms with van der Waals surface area (Å²) in [7, 11) is 0. The zero-order valence-corrected chi connectivity index (χ0v) is 10.4. The quantitative estimate of drug-likeness (QED) is 0.849. The molecule has 0 fully saturated rings. The summed E-state index contributed by atoms with van der Waals surface area (Å²) in [6.07, 6.45) is 0. The van der Waals surface area contributed by atoms with E-state index in [1.807, 2.05) is 32.0 Å². The van der Waals surface area contributed by atoms with Gasteiger partial charge in [-0.05, 0) is 43.7 Å².